The van der Waals surface area contributed by atoms with Gasteiger partial charge in [0.1, 0.15) is 0 Å². The van der Waals surface area contributed by atoms with Crippen LogP contribution in [0, 0.1) is 5.92 Å². The summed E-state index contributed by atoms with van der Waals surface area (Å²) in [5, 5.41) is 14.8. The Morgan fingerprint density at radius 3 is 3.06 bits per heavy atom. The van der Waals surface area contributed by atoms with Gasteiger partial charge in [-0.3, -0.25) is 5.10 Å². The third kappa shape index (κ3) is 2.10. The van der Waals surface area contributed by atoms with Crippen LogP contribution in [0.25, 0.3) is 5.82 Å². The minimum absolute atomic E-state index is 0.443. The van der Waals surface area contributed by atoms with Gasteiger partial charge in [0.05, 0.1) is 6.20 Å². The molecule has 17 heavy (non-hydrogen) atoms. The summed E-state index contributed by atoms with van der Waals surface area (Å²) in [5.41, 5.74) is 1.25. The standard InChI is InChI=1S/C12H17N5/c1-9-2-3-11(13-6-9)10-7-15-17(8-10)12-4-5-14-16-12/h4-5,7-9,11,13H,2-3,6H2,1H3,(H,14,16). The predicted molar refractivity (Wildman–Crippen MR) is 64.9 cm³/mol. The molecule has 1 fully saturated rings. The number of rotatable bonds is 2. The third-order valence-electron chi connectivity index (χ3n) is 3.39. The van der Waals surface area contributed by atoms with E-state index in [9.17, 15) is 0 Å². The Hall–Kier alpha value is -1.62. The minimum Gasteiger partial charge on any atom is -0.310 e. The zero-order valence-electron chi connectivity index (χ0n) is 9.93. The molecule has 0 saturated carbocycles. The topological polar surface area (TPSA) is 58.5 Å². The first-order chi connectivity index (χ1) is 8.33. The largest absolute Gasteiger partial charge is 0.310 e. The highest BCUT2D eigenvalue weighted by Gasteiger charge is 2.20. The number of hydrogen-bond acceptors (Lipinski definition) is 3. The van der Waals surface area contributed by atoms with Gasteiger partial charge in [0.2, 0.25) is 0 Å². The smallest absolute Gasteiger partial charge is 0.174 e. The molecule has 0 bridgehead atoms. The zero-order chi connectivity index (χ0) is 11.7. The van der Waals surface area contributed by atoms with Gasteiger partial charge < -0.3 is 5.32 Å². The van der Waals surface area contributed by atoms with Crippen molar-refractivity contribution < 1.29 is 0 Å². The molecule has 1 aliphatic rings. The first-order valence-corrected chi connectivity index (χ1v) is 6.11. The van der Waals surface area contributed by atoms with Crippen LogP contribution in [0.15, 0.2) is 24.7 Å². The lowest BCUT2D eigenvalue weighted by Gasteiger charge is -2.26. The average molecular weight is 231 g/mol. The maximum Gasteiger partial charge on any atom is 0.174 e. The first-order valence-electron chi connectivity index (χ1n) is 6.11. The van der Waals surface area contributed by atoms with E-state index in [1.807, 2.05) is 16.9 Å². The lowest BCUT2D eigenvalue weighted by atomic mass is 9.94. The van der Waals surface area contributed by atoms with Gasteiger partial charge >= 0.3 is 0 Å². The Bertz CT molecular complexity index is 465. The summed E-state index contributed by atoms with van der Waals surface area (Å²) in [4.78, 5) is 0. The quantitative estimate of drug-likeness (QED) is 0.826. The summed E-state index contributed by atoms with van der Waals surface area (Å²) in [7, 11) is 0. The summed E-state index contributed by atoms with van der Waals surface area (Å²) >= 11 is 0. The van der Waals surface area contributed by atoms with Crippen LogP contribution in [0.1, 0.15) is 31.4 Å². The molecule has 0 spiro atoms. The van der Waals surface area contributed by atoms with Gasteiger partial charge in [-0.15, -0.1) is 0 Å². The highest BCUT2D eigenvalue weighted by molar-refractivity contribution is 5.22. The SMILES string of the molecule is CC1CCC(c2cnn(-c3cc[nH]n3)c2)NC1. The van der Waals surface area contributed by atoms with E-state index in [1.165, 1.54) is 18.4 Å². The van der Waals surface area contributed by atoms with Gasteiger partial charge in [-0.2, -0.15) is 10.2 Å². The predicted octanol–water partition coefficient (Wildman–Crippen LogP) is 1.66. The molecular formula is C12H17N5. The van der Waals surface area contributed by atoms with Crippen molar-refractivity contribution in [2.24, 2.45) is 5.92 Å². The van der Waals surface area contributed by atoms with Crippen LogP contribution in [0.3, 0.4) is 0 Å². The number of piperidine rings is 1. The molecule has 5 nitrogen and oxygen atoms in total. The molecule has 2 aromatic heterocycles. The molecule has 0 aromatic carbocycles. The normalized spacial score (nSPS) is 25.0. The van der Waals surface area contributed by atoms with Crippen molar-refractivity contribution in [3.05, 3.63) is 30.2 Å². The Balaban J connectivity index is 1.76. The number of aromatic amines is 1. The van der Waals surface area contributed by atoms with Gasteiger partial charge in [0.25, 0.3) is 0 Å². The maximum atomic E-state index is 4.35. The fourth-order valence-electron chi connectivity index (χ4n) is 2.31. The van der Waals surface area contributed by atoms with Crippen LogP contribution in [-0.2, 0) is 0 Å². The molecule has 2 aromatic rings. The number of aromatic nitrogens is 4. The molecule has 2 atom stereocenters. The summed E-state index contributed by atoms with van der Waals surface area (Å²) < 4.78 is 1.81. The molecule has 0 amide bonds. The molecule has 3 heterocycles. The minimum atomic E-state index is 0.443. The van der Waals surface area contributed by atoms with E-state index in [4.69, 9.17) is 0 Å². The summed E-state index contributed by atoms with van der Waals surface area (Å²) in [6.45, 7) is 3.38. The van der Waals surface area contributed by atoms with E-state index in [2.05, 4.69) is 33.7 Å². The second-order valence-electron chi connectivity index (χ2n) is 4.79. The van der Waals surface area contributed by atoms with Crippen molar-refractivity contribution in [3.8, 4) is 5.82 Å². The fourth-order valence-corrected chi connectivity index (χ4v) is 2.31. The molecule has 5 heteroatoms. The van der Waals surface area contributed by atoms with Gasteiger partial charge in [0, 0.05) is 30.1 Å². The Labute approximate surface area is 100 Å². The van der Waals surface area contributed by atoms with Crippen molar-refractivity contribution in [3.63, 3.8) is 0 Å². The number of nitrogens with zero attached hydrogens (tertiary/aromatic N) is 3. The number of H-pyrrole nitrogens is 1. The van der Waals surface area contributed by atoms with Gasteiger partial charge in [-0.1, -0.05) is 6.92 Å². The van der Waals surface area contributed by atoms with Crippen LogP contribution in [0.2, 0.25) is 0 Å². The van der Waals surface area contributed by atoms with Crippen molar-refractivity contribution >= 4 is 0 Å². The van der Waals surface area contributed by atoms with Crippen LogP contribution in [0.5, 0.6) is 0 Å². The lowest BCUT2D eigenvalue weighted by Crippen LogP contribution is -2.31. The van der Waals surface area contributed by atoms with Crippen LogP contribution in [0.4, 0.5) is 0 Å². The molecule has 2 unspecified atom stereocenters. The second-order valence-corrected chi connectivity index (χ2v) is 4.79. The van der Waals surface area contributed by atoms with Gasteiger partial charge in [-0.05, 0) is 25.3 Å². The lowest BCUT2D eigenvalue weighted by molar-refractivity contribution is 0.333. The van der Waals surface area contributed by atoms with E-state index in [0.717, 1.165) is 18.3 Å². The monoisotopic (exact) mass is 231 g/mol. The highest BCUT2D eigenvalue weighted by Crippen LogP contribution is 2.25. The molecule has 2 N–H and O–H groups in total. The van der Waals surface area contributed by atoms with Gasteiger partial charge in [-0.25, -0.2) is 4.68 Å². The fraction of sp³-hybridized carbons (Fsp3) is 0.500. The van der Waals surface area contributed by atoms with E-state index >= 15 is 0 Å². The maximum absolute atomic E-state index is 4.35. The van der Waals surface area contributed by atoms with E-state index in [-0.39, 0.29) is 0 Å². The third-order valence-corrected chi connectivity index (χ3v) is 3.39. The number of nitrogens with one attached hydrogen (secondary N) is 2. The first kappa shape index (κ1) is 10.5. The second kappa shape index (κ2) is 4.33. The van der Waals surface area contributed by atoms with Crippen molar-refractivity contribution in [2.45, 2.75) is 25.8 Å². The van der Waals surface area contributed by atoms with Crippen molar-refractivity contribution in [1.29, 1.82) is 0 Å². The molecule has 90 valence electrons. The zero-order valence-corrected chi connectivity index (χ0v) is 9.93. The molecule has 3 rings (SSSR count). The molecular weight excluding hydrogens is 214 g/mol. The van der Waals surface area contributed by atoms with E-state index < -0.39 is 0 Å². The van der Waals surface area contributed by atoms with Gasteiger partial charge in [0.15, 0.2) is 5.82 Å². The summed E-state index contributed by atoms with van der Waals surface area (Å²) in [5.74, 6) is 1.62. The molecule has 1 aliphatic heterocycles. The average Bonchev–Trinajstić information content (AvgIpc) is 3.00. The van der Waals surface area contributed by atoms with E-state index in [1.54, 1.807) is 6.20 Å². The van der Waals surface area contributed by atoms with E-state index in [0.29, 0.717) is 6.04 Å². The molecule has 0 aliphatic carbocycles. The van der Waals surface area contributed by atoms with Crippen molar-refractivity contribution in [1.82, 2.24) is 25.3 Å². The number of hydrogen-bond donors (Lipinski definition) is 2. The molecule has 1 saturated heterocycles. The van der Waals surface area contributed by atoms with Crippen LogP contribution >= 0.6 is 0 Å². The Morgan fingerprint density at radius 2 is 2.35 bits per heavy atom. The van der Waals surface area contributed by atoms with Crippen molar-refractivity contribution in [2.75, 3.05) is 6.54 Å². The van der Waals surface area contributed by atoms with Crippen LogP contribution in [-0.4, -0.2) is 26.5 Å². The molecule has 0 radical (unpaired) electrons. The highest BCUT2D eigenvalue weighted by atomic mass is 15.3. The summed E-state index contributed by atoms with van der Waals surface area (Å²) in [6.07, 6.45) is 8.27. The Kier molecular flexibility index (Phi) is 2.68. The van der Waals surface area contributed by atoms with Crippen LogP contribution < -0.4 is 5.32 Å². The summed E-state index contributed by atoms with van der Waals surface area (Å²) in [6, 6.07) is 2.35. The Morgan fingerprint density at radius 1 is 1.41 bits per heavy atom.